The number of carbonyl (C=O) groups excluding carboxylic acids is 2. The lowest BCUT2D eigenvalue weighted by atomic mass is 10.1. The van der Waals surface area contributed by atoms with Gasteiger partial charge in [0.05, 0.1) is 12.2 Å². The zero-order valence-corrected chi connectivity index (χ0v) is 13.6. The highest BCUT2D eigenvalue weighted by atomic mass is 16.5. The van der Waals surface area contributed by atoms with E-state index >= 15 is 0 Å². The Balaban J connectivity index is 2.25. The van der Waals surface area contributed by atoms with E-state index in [1.807, 2.05) is 31.2 Å². The highest BCUT2D eigenvalue weighted by Crippen LogP contribution is 2.24. The lowest BCUT2D eigenvalue weighted by Crippen LogP contribution is -2.06. The Bertz CT molecular complexity index is 781. The molecule has 0 unspecified atom stereocenters. The summed E-state index contributed by atoms with van der Waals surface area (Å²) >= 11 is 0. The van der Waals surface area contributed by atoms with Gasteiger partial charge in [0, 0.05) is 18.2 Å². The Hall–Kier alpha value is -3.08. The zero-order chi connectivity index (χ0) is 17.5. The second-order valence-electron chi connectivity index (χ2n) is 5.08. The average molecular weight is 325 g/mol. The van der Waals surface area contributed by atoms with Crippen LogP contribution in [0, 0.1) is 0 Å². The third kappa shape index (κ3) is 4.46. The molecular formula is C19H19NO4. The summed E-state index contributed by atoms with van der Waals surface area (Å²) in [5, 5.41) is 12.5. The summed E-state index contributed by atoms with van der Waals surface area (Å²) in [6, 6.07) is 11.7. The Labute approximate surface area is 140 Å². The minimum absolute atomic E-state index is 0.117. The van der Waals surface area contributed by atoms with Gasteiger partial charge in [0.2, 0.25) is 5.91 Å². The second-order valence-corrected chi connectivity index (χ2v) is 5.08. The fraction of sp³-hybridized carbons (Fsp3) is 0.158. The van der Waals surface area contributed by atoms with Gasteiger partial charge in [-0.05, 0) is 43.3 Å². The smallest absolute Gasteiger partial charge is 0.221 e. The number of amides is 1. The molecule has 0 fully saturated rings. The maximum absolute atomic E-state index is 12.3. The van der Waals surface area contributed by atoms with E-state index in [2.05, 4.69) is 5.32 Å². The van der Waals surface area contributed by atoms with Crippen molar-refractivity contribution in [3.8, 4) is 11.5 Å². The topological polar surface area (TPSA) is 75.6 Å². The first-order valence-electron chi connectivity index (χ1n) is 7.56. The van der Waals surface area contributed by atoms with Crippen LogP contribution in [-0.4, -0.2) is 23.4 Å². The quantitative estimate of drug-likeness (QED) is 0.483. The van der Waals surface area contributed by atoms with Crippen molar-refractivity contribution in [2.24, 2.45) is 0 Å². The molecule has 2 aromatic rings. The van der Waals surface area contributed by atoms with Crippen LogP contribution in [0.4, 0.5) is 5.69 Å². The SMILES string of the molecule is CCOc1ccccc1C=CC(=O)c1cc(NC(C)=O)ccc1O. The molecule has 0 aliphatic heterocycles. The minimum atomic E-state index is -0.369. The van der Waals surface area contributed by atoms with E-state index in [9.17, 15) is 14.7 Å². The van der Waals surface area contributed by atoms with Crippen LogP contribution in [0.15, 0.2) is 48.5 Å². The molecule has 5 nitrogen and oxygen atoms in total. The van der Waals surface area contributed by atoms with Crippen LogP contribution in [0.1, 0.15) is 29.8 Å². The standard InChI is InChI=1S/C19H19NO4/c1-3-24-19-7-5-4-6-14(19)8-10-17(22)16-12-15(20-13(2)21)9-11-18(16)23/h4-12,23H,3H2,1-2H3,(H,20,21). The number of carbonyl (C=O) groups is 2. The van der Waals surface area contributed by atoms with Crippen molar-refractivity contribution < 1.29 is 19.4 Å². The molecule has 0 saturated heterocycles. The number of ether oxygens (including phenoxy) is 1. The third-order valence-electron chi connectivity index (χ3n) is 3.22. The lowest BCUT2D eigenvalue weighted by Gasteiger charge is -2.07. The van der Waals surface area contributed by atoms with Crippen LogP contribution in [0.3, 0.4) is 0 Å². The number of para-hydroxylation sites is 1. The fourth-order valence-corrected chi connectivity index (χ4v) is 2.17. The van der Waals surface area contributed by atoms with Crippen molar-refractivity contribution in [3.05, 3.63) is 59.7 Å². The van der Waals surface area contributed by atoms with Gasteiger partial charge in [-0.25, -0.2) is 0 Å². The fourth-order valence-electron chi connectivity index (χ4n) is 2.17. The first-order chi connectivity index (χ1) is 11.5. The predicted molar refractivity (Wildman–Crippen MR) is 93.4 cm³/mol. The van der Waals surface area contributed by atoms with E-state index in [4.69, 9.17) is 4.74 Å². The molecule has 5 heteroatoms. The number of ketones is 1. The summed E-state index contributed by atoms with van der Waals surface area (Å²) in [5.74, 6) is -0.0802. The lowest BCUT2D eigenvalue weighted by molar-refractivity contribution is -0.114. The molecule has 0 aliphatic rings. The highest BCUT2D eigenvalue weighted by Gasteiger charge is 2.10. The first-order valence-corrected chi connectivity index (χ1v) is 7.56. The number of anilines is 1. The molecule has 0 radical (unpaired) electrons. The summed E-state index contributed by atoms with van der Waals surface area (Å²) in [6.07, 6.45) is 3.00. The van der Waals surface area contributed by atoms with E-state index in [-0.39, 0.29) is 23.0 Å². The maximum atomic E-state index is 12.3. The molecule has 0 bridgehead atoms. The first kappa shape index (κ1) is 17.3. The highest BCUT2D eigenvalue weighted by molar-refractivity contribution is 6.09. The molecule has 0 aromatic heterocycles. The molecule has 124 valence electrons. The Morgan fingerprint density at radius 1 is 1.21 bits per heavy atom. The maximum Gasteiger partial charge on any atom is 0.221 e. The summed E-state index contributed by atoms with van der Waals surface area (Å²) in [6.45, 7) is 3.79. The van der Waals surface area contributed by atoms with Crippen molar-refractivity contribution in [1.82, 2.24) is 0 Å². The van der Waals surface area contributed by atoms with E-state index in [0.29, 0.717) is 18.0 Å². The predicted octanol–water partition coefficient (Wildman–Crippen LogP) is 3.65. The molecule has 1 amide bonds. The summed E-state index contributed by atoms with van der Waals surface area (Å²) < 4.78 is 5.50. The number of phenolic OH excluding ortho intramolecular Hbond substituents is 1. The Morgan fingerprint density at radius 2 is 1.96 bits per heavy atom. The Kier molecular flexibility index (Phi) is 5.73. The van der Waals surface area contributed by atoms with Gasteiger partial charge in [-0.3, -0.25) is 9.59 Å². The van der Waals surface area contributed by atoms with Gasteiger partial charge in [-0.15, -0.1) is 0 Å². The van der Waals surface area contributed by atoms with Gasteiger partial charge >= 0.3 is 0 Å². The van der Waals surface area contributed by atoms with Crippen molar-refractivity contribution in [1.29, 1.82) is 0 Å². The van der Waals surface area contributed by atoms with Gasteiger partial charge in [-0.1, -0.05) is 18.2 Å². The number of benzene rings is 2. The number of hydrogen-bond acceptors (Lipinski definition) is 4. The summed E-state index contributed by atoms with van der Waals surface area (Å²) in [5.41, 5.74) is 1.34. The molecule has 2 aromatic carbocycles. The van der Waals surface area contributed by atoms with Crippen molar-refractivity contribution in [2.75, 3.05) is 11.9 Å². The van der Waals surface area contributed by atoms with E-state index in [1.165, 1.54) is 31.2 Å². The van der Waals surface area contributed by atoms with Crippen LogP contribution in [-0.2, 0) is 4.79 Å². The number of nitrogens with one attached hydrogen (secondary N) is 1. The molecule has 0 saturated carbocycles. The van der Waals surface area contributed by atoms with Crippen molar-refractivity contribution in [3.63, 3.8) is 0 Å². The monoisotopic (exact) mass is 325 g/mol. The number of allylic oxidation sites excluding steroid dienone is 1. The second kappa shape index (κ2) is 7.97. The normalized spacial score (nSPS) is 10.6. The summed E-state index contributed by atoms with van der Waals surface area (Å²) in [7, 11) is 0. The largest absolute Gasteiger partial charge is 0.507 e. The van der Waals surface area contributed by atoms with E-state index in [0.717, 1.165) is 5.56 Å². The van der Waals surface area contributed by atoms with Gasteiger partial charge in [0.1, 0.15) is 11.5 Å². The number of aromatic hydroxyl groups is 1. The molecule has 24 heavy (non-hydrogen) atoms. The van der Waals surface area contributed by atoms with E-state index < -0.39 is 0 Å². The van der Waals surface area contributed by atoms with Crippen LogP contribution < -0.4 is 10.1 Å². The van der Waals surface area contributed by atoms with Crippen LogP contribution >= 0.6 is 0 Å². The zero-order valence-electron chi connectivity index (χ0n) is 13.6. The minimum Gasteiger partial charge on any atom is -0.507 e. The van der Waals surface area contributed by atoms with E-state index in [1.54, 1.807) is 6.08 Å². The molecular weight excluding hydrogens is 306 g/mol. The summed E-state index contributed by atoms with van der Waals surface area (Å²) in [4.78, 5) is 23.4. The van der Waals surface area contributed by atoms with Gasteiger partial charge < -0.3 is 15.2 Å². The van der Waals surface area contributed by atoms with Crippen molar-refractivity contribution in [2.45, 2.75) is 13.8 Å². The third-order valence-corrected chi connectivity index (χ3v) is 3.22. The van der Waals surface area contributed by atoms with Crippen LogP contribution in [0.2, 0.25) is 0 Å². The van der Waals surface area contributed by atoms with Gasteiger partial charge in [0.15, 0.2) is 5.78 Å². The molecule has 0 atom stereocenters. The molecule has 0 heterocycles. The average Bonchev–Trinajstić information content (AvgIpc) is 2.55. The van der Waals surface area contributed by atoms with Crippen molar-refractivity contribution >= 4 is 23.5 Å². The molecule has 2 rings (SSSR count). The molecule has 0 aliphatic carbocycles. The van der Waals surface area contributed by atoms with Gasteiger partial charge in [0.25, 0.3) is 0 Å². The number of rotatable bonds is 6. The molecule has 2 N–H and O–H groups in total. The number of hydrogen-bond donors (Lipinski definition) is 2. The van der Waals surface area contributed by atoms with Crippen LogP contribution in [0.5, 0.6) is 11.5 Å². The number of phenols is 1. The Morgan fingerprint density at radius 3 is 2.67 bits per heavy atom. The molecule has 0 spiro atoms. The van der Waals surface area contributed by atoms with Crippen LogP contribution in [0.25, 0.3) is 6.08 Å². The van der Waals surface area contributed by atoms with Gasteiger partial charge in [-0.2, -0.15) is 0 Å².